The van der Waals surface area contributed by atoms with Crippen LogP contribution in [0.1, 0.15) is 41.6 Å². The maximum absolute atomic E-state index is 14.4. The average molecular weight is 535 g/mol. The Morgan fingerprint density at radius 1 is 0.974 bits per heavy atom. The van der Waals surface area contributed by atoms with Crippen LogP contribution in [0.2, 0.25) is 0 Å². The van der Waals surface area contributed by atoms with Crippen LogP contribution >= 0.6 is 11.3 Å². The Labute approximate surface area is 224 Å². The van der Waals surface area contributed by atoms with Gasteiger partial charge in [-0.15, -0.1) is 0 Å². The molecule has 5 nitrogen and oxygen atoms in total. The number of ether oxygens (including phenoxy) is 1. The molecule has 0 amide bonds. The topological polar surface area (TPSA) is 62.7 Å². The SMILES string of the molecule is O=C(O)CCc1ccc(OCc2ccc(CN3CCCCc4nc(-c5ccc(F)cc5F)sc43)cc2)cc1. The quantitative estimate of drug-likeness (QED) is 0.250. The third kappa shape index (κ3) is 6.37. The van der Waals surface area contributed by atoms with Crippen molar-refractivity contribution < 1.29 is 23.4 Å². The minimum Gasteiger partial charge on any atom is -0.489 e. The van der Waals surface area contributed by atoms with Crippen molar-refractivity contribution in [3.63, 3.8) is 0 Å². The van der Waals surface area contributed by atoms with Gasteiger partial charge in [-0.2, -0.15) is 0 Å². The van der Waals surface area contributed by atoms with E-state index in [1.54, 1.807) is 0 Å². The molecule has 196 valence electrons. The van der Waals surface area contributed by atoms with E-state index in [9.17, 15) is 13.6 Å². The summed E-state index contributed by atoms with van der Waals surface area (Å²) in [6.07, 6.45) is 3.55. The summed E-state index contributed by atoms with van der Waals surface area (Å²) >= 11 is 1.47. The summed E-state index contributed by atoms with van der Waals surface area (Å²) in [5.74, 6) is -1.25. The normalized spacial score (nSPS) is 13.2. The van der Waals surface area contributed by atoms with Gasteiger partial charge in [0.25, 0.3) is 0 Å². The van der Waals surface area contributed by atoms with Gasteiger partial charge in [0.1, 0.15) is 34.0 Å². The van der Waals surface area contributed by atoms with Gasteiger partial charge < -0.3 is 14.7 Å². The van der Waals surface area contributed by atoms with Crippen molar-refractivity contribution in [2.45, 2.75) is 45.3 Å². The lowest BCUT2D eigenvalue weighted by Gasteiger charge is -2.22. The third-order valence-corrected chi connectivity index (χ3v) is 7.76. The predicted octanol–water partition coefficient (Wildman–Crippen LogP) is 7.03. The monoisotopic (exact) mass is 534 g/mol. The number of aliphatic carboxylic acids is 1. The molecule has 8 heteroatoms. The minimum atomic E-state index is -0.803. The molecule has 0 fully saturated rings. The summed E-state index contributed by atoms with van der Waals surface area (Å²) in [5, 5.41) is 10.5. The van der Waals surface area contributed by atoms with Crippen molar-refractivity contribution in [2.24, 2.45) is 0 Å². The van der Waals surface area contributed by atoms with Crippen molar-refractivity contribution in [1.82, 2.24) is 4.98 Å². The molecule has 1 aliphatic heterocycles. The molecule has 1 N–H and O–H groups in total. The highest BCUT2D eigenvalue weighted by Crippen LogP contribution is 2.39. The van der Waals surface area contributed by atoms with Crippen LogP contribution in [0.5, 0.6) is 5.75 Å². The van der Waals surface area contributed by atoms with Gasteiger partial charge in [-0.05, 0) is 66.6 Å². The van der Waals surface area contributed by atoms with E-state index in [4.69, 9.17) is 14.8 Å². The van der Waals surface area contributed by atoms with Crippen LogP contribution in [0.4, 0.5) is 13.8 Å². The van der Waals surface area contributed by atoms with E-state index in [0.29, 0.717) is 23.6 Å². The number of rotatable bonds is 9. The average Bonchev–Trinajstić information content (AvgIpc) is 3.24. The van der Waals surface area contributed by atoms with Gasteiger partial charge in [0.15, 0.2) is 0 Å². The Balaban J connectivity index is 1.22. The lowest BCUT2D eigenvalue weighted by atomic mass is 10.1. The number of halogens is 2. The number of aromatic nitrogens is 1. The molecular formula is C30H28F2N2O3S. The van der Waals surface area contributed by atoms with Gasteiger partial charge in [0, 0.05) is 31.1 Å². The summed E-state index contributed by atoms with van der Waals surface area (Å²) < 4.78 is 33.7. The first-order valence-electron chi connectivity index (χ1n) is 12.7. The summed E-state index contributed by atoms with van der Waals surface area (Å²) in [5.41, 5.74) is 4.49. The molecule has 2 heterocycles. The van der Waals surface area contributed by atoms with Crippen LogP contribution in [-0.2, 0) is 30.8 Å². The van der Waals surface area contributed by atoms with Crippen LogP contribution in [0.3, 0.4) is 0 Å². The van der Waals surface area contributed by atoms with E-state index in [2.05, 4.69) is 29.2 Å². The first-order chi connectivity index (χ1) is 18.4. The van der Waals surface area contributed by atoms with Gasteiger partial charge in [-0.1, -0.05) is 47.7 Å². The second kappa shape index (κ2) is 11.7. The van der Waals surface area contributed by atoms with Crippen molar-refractivity contribution in [2.75, 3.05) is 11.4 Å². The molecule has 0 unspecified atom stereocenters. The van der Waals surface area contributed by atoms with Gasteiger partial charge >= 0.3 is 5.97 Å². The molecule has 38 heavy (non-hydrogen) atoms. The number of carboxylic acids is 1. The second-order valence-corrected chi connectivity index (χ2v) is 10.4. The maximum atomic E-state index is 14.4. The lowest BCUT2D eigenvalue weighted by Crippen LogP contribution is -2.22. The second-order valence-electron chi connectivity index (χ2n) is 9.42. The number of carbonyl (C=O) groups is 1. The predicted molar refractivity (Wildman–Crippen MR) is 145 cm³/mol. The molecule has 1 aliphatic rings. The zero-order valence-corrected chi connectivity index (χ0v) is 21.6. The van der Waals surface area contributed by atoms with Crippen LogP contribution in [0, 0.1) is 11.6 Å². The number of anilines is 1. The zero-order chi connectivity index (χ0) is 26.5. The molecule has 5 rings (SSSR count). The maximum Gasteiger partial charge on any atom is 0.303 e. The largest absolute Gasteiger partial charge is 0.489 e. The number of nitrogens with zero attached hydrogens (tertiary/aromatic N) is 2. The first kappa shape index (κ1) is 25.9. The zero-order valence-electron chi connectivity index (χ0n) is 20.8. The molecule has 3 aromatic carbocycles. The van der Waals surface area contributed by atoms with E-state index in [0.717, 1.165) is 71.6 Å². The molecular weight excluding hydrogens is 506 g/mol. The summed E-state index contributed by atoms with van der Waals surface area (Å²) in [7, 11) is 0. The van der Waals surface area contributed by atoms with E-state index in [1.165, 1.54) is 23.5 Å². The molecule has 1 aromatic heterocycles. The van der Waals surface area contributed by atoms with Crippen molar-refractivity contribution in [3.8, 4) is 16.3 Å². The molecule has 0 spiro atoms. The van der Waals surface area contributed by atoms with Crippen LogP contribution in [0.25, 0.3) is 10.6 Å². The van der Waals surface area contributed by atoms with Gasteiger partial charge in [-0.25, -0.2) is 13.8 Å². The fourth-order valence-corrected chi connectivity index (χ4v) is 5.68. The minimum absolute atomic E-state index is 0.113. The number of hydrogen-bond donors (Lipinski definition) is 1. The van der Waals surface area contributed by atoms with E-state index in [-0.39, 0.29) is 6.42 Å². The van der Waals surface area contributed by atoms with Crippen LogP contribution < -0.4 is 9.64 Å². The Bertz CT molecular complexity index is 1400. The van der Waals surface area contributed by atoms with Crippen LogP contribution in [-0.4, -0.2) is 22.6 Å². The number of carboxylic acid groups (broad SMARTS) is 1. The fourth-order valence-electron chi connectivity index (χ4n) is 4.51. The summed E-state index contributed by atoms with van der Waals surface area (Å²) in [4.78, 5) is 17.8. The molecule has 0 saturated carbocycles. The number of benzene rings is 3. The highest BCUT2D eigenvalue weighted by atomic mass is 32.1. The number of aryl methyl sites for hydroxylation is 2. The van der Waals surface area contributed by atoms with Crippen molar-refractivity contribution in [3.05, 3.63) is 101 Å². The number of fused-ring (bicyclic) bond motifs is 1. The van der Waals surface area contributed by atoms with Gasteiger partial charge in [-0.3, -0.25) is 4.79 Å². The summed E-state index contributed by atoms with van der Waals surface area (Å²) in [6, 6.07) is 19.5. The Hall–Kier alpha value is -3.78. The van der Waals surface area contributed by atoms with Crippen LogP contribution in [0.15, 0.2) is 66.7 Å². The molecule has 0 aliphatic carbocycles. The Morgan fingerprint density at radius 2 is 1.71 bits per heavy atom. The number of thiazole rings is 1. The third-order valence-electron chi connectivity index (χ3n) is 6.57. The van der Waals surface area contributed by atoms with E-state index < -0.39 is 17.6 Å². The Morgan fingerprint density at radius 3 is 2.45 bits per heavy atom. The van der Waals surface area contributed by atoms with Gasteiger partial charge in [0.05, 0.1) is 5.69 Å². The highest BCUT2D eigenvalue weighted by Gasteiger charge is 2.22. The highest BCUT2D eigenvalue weighted by molar-refractivity contribution is 7.19. The lowest BCUT2D eigenvalue weighted by molar-refractivity contribution is -0.136. The molecule has 0 saturated heterocycles. The van der Waals surface area contributed by atoms with Crippen molar-refractivity contribution in [1.29, 1.82) is 0 Å². The summed E-state index contributed by atoms with van der Waals surface area (Å²) in [6.45, 7) is 2.05. The molecule has 4 aromatic rings. The van der Waals surface area contributed by atoms with E-state index in [1.807, 2.05) is 24.3 Å². The smallest absolute Gasteiger partial charge is 0.303 e. The standard InChI is InChI=1S/C30H28F2N2O3S/c31-23-11-14-25(26(32)17-23)29-33-27-3-1-2-16-34(30(27)38-29)18-21-4-6-22(7-5-21)19-37-24-12-8-20(9-13-24)10-15-28(35)36/h4-9,11-14,17H,1-3,10,15-16,18-19H2,(H,35,36). The molecule has 0 radical (unpaired) electrons. The van der Waals surface area contributed by atoms with Gasteiger partial charge in [0.2, 0.25) is 0 Å². The Kier molecular flexibility index (Phi) is 7.98. The first-order valence-corrected chi connectivity index (χ1v) is 13.5. The molecule has 0 atom stereocenters. The van der Waals surface area contributed by atoms with Crippen molar-refractivity contribution >= 4 is 22.3 Å². The number of hydrogen-bond acceptors (Lipinski definition) is 5. The van der Waals surface area contributed by atoms with E-state index >= 15 is 0 Å². The fraction of sp³-hybridized carbons (Fsp3) is 0.267. The molecule has 0 bridgehead atoms.